The first-order chi connectivity index (χ1) is 36.3. The van der Waals surface area contributed by atoms with Gasteiger partial charge in [0.2, 0.25) is 11.5 Å². The van der Waals surface area contributed by atoms with Crippen LogP contribution in [0.1, 0.15) is 54.4 Å². The third-order valence-electron chi connectivity index (χ3n) is 12.2. The second-order valence-corrected chi connectivity index (χ2v) is 17.9. The molecule has 9 rings (SSSR count). The van der Waals surface area contributed by atoms with Gasteiger partial charge in [0.25, 0.3) is 17.7 Å². The lowest BCUT2D eigenvalue weighted by molar-refractivity contribution is 0.0682. The van der Waals surface area contributed by atoms with Crippen LogP contribution in [0.5, 0.6) is 28.9 Å². The standard InChI is InChI=1S/C37H35ClFN3O5.C21H18FN3O3/c1-25-4-12-29(13-5-25)35-40-33(37(43)42(21-20-38)22-26-6-14-30(39)15-7-26)34(46-23-27-8-16-31(44-2)17-9-27)36(41-35)47-24-28-10-18-32(45-3)19-11-28;1-13-2-6-15(7-3-13)19-23-20(27)18(26)17-21(28)24(10-11-25(17)19)12-14-4-8-16(22)9-5-14/h4-19H,20-24H2,1-3H3;2-9,26H,10-12H2,1H3. The molecule has 0 aliphatic carbocycles. The van der Waals surface area contributed by atoms with E-state index in [0.29, 0.717) is 41.6 Å². The molecule has 1 N–H and O–H groups in total. The molecular weight excluding hydrogens is 982 g/mol. The van der Waals surface area contributed by atoms with E-state index in [1.54, 1.807) is 48.0 Å². The van der Waals surface area contributed by atoms with Crippen molar-refractivity contribution in [2.75, 3.05) is 33.2 Å². The Kier molecular flexibility index (Phi) is 17.1. The van der Waals surface area contributed by atoms with Crippen molar-refractivity contribution in [3.8, 4) is 51.7 Å². The van der Waals surface area contributed by atoms with E-state index < -0.39 is 23.1 Å². The van der Waals surface area contributed by atoms with Crippen molar-refractivity contribution >= 4 is 23.4 Å². The zero-order chi connectivity index (χ0) is 53.0. The number of aryl methyl sites for hydroxylation is 2. The fourth-order valence-corrected chi connectivity index (χ4v) is 8.24. The second-order valence-electron chi connectivity index (χ2n) is 17.5. The monoisotopic (exact) mass is 1030 g/mol. The molecule has 0 spiro atoms. The van der Waals surface area contributed by atoms with Gasteiger partial charge in [0.05, 0.1) is 14.2 Å². The van der Waals surface area contributed by atoms with Gasteiger partial charge in [-0.25, -0.2) is 13.8 Å². The van der Waals surface area contributed by atoms with Gasteiger partial charge in [-0.05, 0) is 84.6 Å². The van der Waals surface area contributed by atoms with E-state index in [9.17, 15) is 28.3 Å². The molecule has 0 radical (unpaired) electrons. The van der Waals surface area contributed by atoms with E-state index >= 15 is 0 Å². The number of aromatic hydroxyl groups is 1. The molecule has 0 saturated carbocycles. The summed E-state index contributed by atoms with van der Waals surface area (Å²) in [4.78, 5) is 56.2. The van der Waals surface area contributed by atoms with E-state index in [4.69, 9.17) is 40.5 Å². The van der Waals surface area contributed by atoms with Gasteiger partial charge in [-0.1, -0.05) is 108 Å². The minimum absolute atomic E-state index is 0.0149. The third-order valence-corrected chi connectivity index (χ3v) is 12.4. The van der Waals surface area contributed by atoms with Crippen molar-refractivity contribution in [3.05, 3.63) is 212 Å². The number of methoxy groups -OCH3 is 2. The SMILES string of the molecule is COc1ccc(COc2nc(-c3ccc(C)cc3)nc(C(=O)N(CCCl)Cc3ccc(F)cc3)c2OCc2ccc(OC)cc2)cc1.Cc1ccc(-c2nc(=O)c(O)c3n2CCN(Cc2ccc(F)cc2)C3=O)cc1. The summed E-state index contributed by atoms with van der Waals surface area (Å²) in [6.07, 6.45) is 0. The molecule has 17 heteroatoms. The van der Waals surface area contributed by atoms with Crippen LogP contribution >= 0.6 is 11.6 Å². The van der Waals surface area contributed by atoms with Crippen LogP contribution in [0.4, 0.5) is 8.78 Å². The van der Waals surface area contributed by atoms with E-state index in [1.165, 1.54) is 29.2 Å². The maximum absolute atomic E-state index is 14.4. The summed E-state index contributed by atoms with van der Waals surface area (Å²) in [5.74, 6) is 0.180. The molecular formula is C58H53ClF2N6O8. The van der Waals surface area contributed by atoms with E-state index in [0.717, 1.165) is 39.1 Å². The lowest BCUT2D eigenvalue weighted by atomic mass is 10.1. The van der Waals surface area contributed by atoms with Crippen LogP contribution in [0.15, 0.2) is 150 Å². The first-order valence-electron chi connectivity index (χ1n) is 23.9. The molecule has 0 bridgehead atoms. The smallest absolute Gasteiger partial charge is 0.316 e. The van der Waals surface area contributed by atoms with Crippen molar-refractivity contribution in [1.82, 2.24) is 29.3 Å². The highest BCUT2D eigenvalue weighted by atomic mass is 35.5. The van der Waals surface area contributed by atoms with Crippen LogP contribution < -0.4 is 24.5 Å². The largest absolute Gasteiger partial charge is 0.501 e. The highest BCUT2D eigenvalue weighted by molar-refractivity contribution is 6.18. The third kappa shape index (κ3) is 13.1. The van der Waals surface area contributed by atoms with Crippen molar-refractivity contribution in [2.24, 2.45) is 0 Å². The fourth-order valence-electron chi connectivity index (χ4n) is 8.03. The predicted molar refractivity (Wildman–Crippen MR) is 280 cm³/mol. The molecule has 14 nitrogen and oxygen atoms in total. The molecule has 75 heavy (non-hydrogen) atoms. The summed E-state index contributed by atoms with van der Waals surface area (Å²) in [6, 6.07) is 41.8. The van der Waals surface area contributed by atoms with Crippen LogP contribution in [0, 0.1) is 25.5 Å². The normalized spacial score (nSPS) is 11.8. The topological polar surface area (TPSA) is 158 Å². The lowest BCUT2D eigenvalue weighted by Crippen LogP contribution is -2.42. The van der Waals surface area contributed by atoms with Crippen LogP contribution in [-0.2, 0) is 32.8 Å². The van der Waals surface area contributed by atoms with E-state index in [1.807, 2.05) is 111 Å². The van der Waals surface area contributed by atoms with Gasteiger partial charge in [0.1, 0.15) is 42.2 Å². The zero-order valence-corrected chi connectivity index (χ0v) is 42.4. The number of halogens is 3. The lowest BCUT2D eigenvalue weighted by Gasteiger charge is -2.31. The van der Waals surface area contributed by atoms with Gasteiger partial charge in [-0.3, -0.25) is 14.4 Å². The quantitative estimate of drug-likeness (QED) is 0.0866. The number of ether oxygens (including phenoxy) is 4. The molecule has 2 amide bonds. The Balaban J connectivity index is 0.000000226. The molecule has 6 aromatic carbocycles. The number of aromatic nitrogens is 4. The van der Waals surface area contributed by atoms with Crippen molar-refractivity contribution in [3.63, 3.8) is 0 Å². The maximum Gasteiger partial charge on any atom is 0.316 e. The van der Waals surface area contributed by atoms with Gasteiger partial charge >= 0.3 is 5.56 Å². The number of hydrogen-bond donors (Lipinski definition) is 1. The summed E-state index contributed by atoms with van der Waals surface area (Å²) in [7, 11) is 3.20. The number of carbonyl (C=O) groups is 2. The summed E-state index contributed by atoms with van der Waals surface area (Å²) in [5.41, 5.74) is 5.81. The van der Waals surface area contributed by atoms with Crippen LogP contribution in [0.25, 0.3) is 22.8 Å². The minimum Gasteiger partial charge on any atom is -0.501 e. The Labute approximate surface area is 437 Å². The Hall–Kier alpha value is -8.63. The molecule has 2 aromatic heterocycles. The maximum atomic E-state index is 14.4. The Bertz CT molecular complexity index is 3310. The molecule has 0 unspecified atom stereocenters. The number of rotatable bonds is 17. The van der Waals surface area contributed by atoms with Gasteiger partial charge in [0.15, 0.2) is 17.2 Å². The molecule has 8 aromatic rings. The van der Waals surface area contributed by atoms with Gasteiger partial charge in [-0.15, -0.1) is 11.6 Å². The first-order valence-corrected chi connectivity index (χ1v) is 24.4. The van der Waals surface area contributed by atoms with Crippen LogP contribution in [-0.4, -0.2) is 79.4 Å². The summed E-state index contributed by atoms with van der Waals surface area (Å²) in [6.45, 7) is 5.58. The molecule has 384 valence electrons. The summed E-state index contributed by atoms with van der Waals surface area (Å²) < 4.78 is 51.6. The molecule has 1 aliphatic heterocycles. The van der Waals surface area contributed by atoms with Crippen molar-refractivity contribution < 1.29 is 42.4 Å². The summed E-state index contributed by atoms with van der Waals surface area (Å²) in [5, 5.41) is 10.3. The second kappa shape index (κ2) is 24.4. The van der Waals surface area contributed by atoms with Gasteiger partial charge < -0.3 is 38.4 Å². The average molecular weight is 1040 g/mol. The van der Waals surface area contributed by atoms with Gasteiger partial charge in [-0.2, -0.15) is 9.97 Å². The fraction of sp³-hybridized carbons (Fsp3) is 0.207. The highest BCUT2D eigenvalue weighted by Crippen LogP contribution is 2.35. The average Bonchev–Trinajstić information content (AvgIpc) is 3.43. The van der Waals surface area contributed by atoms with Crippen molar-refractivity contribution in [2.45, 2.75) is 46.7 Å². The van der Waals surface area contributed by atoms with Crippen LogP contribution in [0.2, 0.25) is 0 Å². The molecule has 0 atom stereocenters. The number of carbonyl (C=O) groups excluding carboxylic acids is 2. The predicted octanol–water partition coefficient (Wildman–Crippen LogP) is 10.4. The number of hydrogen-bond acceptors (Lipinski definition) is 11. The highest BCUT2D eigenvalue weighted by Gasteiger charge is 2.32. The molecule has 0 saturated heterocycles. The Morgan fingerprint density at radius 1 is 0.653 bits per heavy atom. The molecule has 1 aliphatic rings. The van der Waals surface area contributed by atoms with Crippen molar-refractivity contribution in [1.29, 1.82) is 0 Å². The van der Waals surface area contributed by atoms with E-state index in [-0.39, 0.29) is 73.4 Å². The molecule has 3 heterocycles. The first kappa shape index (κ1) is 52.7. The zero-order valence-electron chi connectivity index (χ0n) is 41.6. The number of alkyl halides is 1. The minimum atomic E-state index is -0.834. The summed E-state index contributed by atoms with van der Waals surface area (Å²) >= 11 is 6.18. The molecule has 0 fully saturated rings. The van der Waals surface area contributed by atoms with E-state index in [2.05, 4.69) is 4.98 Å². The Morgan fingerprint density at radius 2 is 1.17 bits per heavy atom. The Morgan fingerprint density at radius 3 is 1.72 bits per heavy atom. The van der Waals surface area contributed by atoms with Crippen LogP contribution in [0.3, 0.4) is 0 Å². The van der Waals surface area contributed by atoms with Gasteiger partial charge in [0, 0.05) is 49.7 Å². The number of fused-ring (bicyclic) bond motifs is 1. The number of amides is 2. The number of benzene rings is 6. The number of nitrogens with zero attached hydrogens (tertiary/aromatic N) is 6.